The molecule has 1 N–H and O–H groups in total. The van der Waals surface area contributed by atoms with Gasteiger partial charge in [-0.05, 0) is 67.6 Å². The van der Waals surface area contributed by atoms with Crippen LogP contribution in [0.3, 0.4) is 0 Å². The smallest absolute Gasteiger partial charge is 0.254 e. The van der Waals surface area contributed by atoms with Gasteiger partial charge in [0.1, 0.15) is 5.75 Å². The summed E-state index contributed by atoms with van der Waals surface area (Å²) in [6.07, 6.45) is 6.20. The highest BCUT2D eigenvalue weighted by Gasteiger charge is 2.30. The summed E-state index contributed by atoms with van der Waals surface area (Å²) < 4.78 is 5.27. The molecule has 1 aliphatic heterocycles. The second kappa shape index (κ2) is 8.68. The second-order valence-electron chi connectivity index (χ2n) is 7.98. The summed E-state index contributed by atoms with van der Waals surface area (Å²) in [4.78, 5) is 27.3. The van der Waals surface area contributed by atoms with Crippen molar-refractivity contribution < 1.29 is 14.3 Å². The lowest BCUT2D eigenvalue weighted by molar-refractivity contribution is -0.117. The quantitative estimate of drug-likeness (QED) is 0.795. The van der Waals surface area contributed by atoms with E-state index in [-0.39, 0.29) is 23.8 Å². The van der Waals surface area contributed by atoms with E-state index >= 15 is 0 Å². The molecule has 4 rings (SSSR count). The number of hydrogen-bond acceptors (Lipinski definition) is 3. The zero-order valence-electron chi connectivity index (χ0n) is 16.9. The molecule has 0 radical (unpaired) electrons. The van der Waals surface area contributed by atoms with E-state index in [4.69, 9.17) is 4.74 Å². The first-order valence-electron chi connectivity index (χ1n) is 10.5. The number of methoxy groups -OCH3 is 1. The predicted octanol–water partition coefficient (Wildman–Crippen LogP) is 4.80. The molecule has 29 heavy (non-hydrogen) atoms. The Morgan fingerprint density at radius 3 is 2.31 bits per heavy atom. The maximum absolute atomic E-state index is 13.3. The Morgan fingerprint density at radius 1 is 0.931 bits per heavy atom. The Kier molecular flexibility index (Phi) is 5.84. The maximum atomic E-state index is 13.3. The van der Waals surface area contributed by atoms with E-state index in [1.807, 2.05) is 41.3 Å². The molecule has 152 valence electrons. The molecule has 5 heteroatoms. The van der Waals surface area contributed by atoms with Crippen LogP contribution in [0.5, 0.6) is 5.75 Å². The van der Waals surface area contributed by atoms with Crippen LogP contribution < -0.4 is 10.1 Å². The van der Waals surface area contributed by atoms with Gasteiger partial charge < -0.3 is 15.0 Å². The predicted molar refractivity (Wildman–Crippen MR) is 113 cm³/mol. The largest absolute Gasteiger partial charge is 0.497 e. The van der Waals surface area contributed by atoms with Crippen molar-refractivity contribution >= 4 is 17.5 Å². The van der Waals surface area contributed by atoms with E-state index in [1.54, 1.807) is 7.11 Å². The highest BCUT2D eigenvalue weighted by molar-refractivity contribution is 5.97. The lowest BCUT2D eigenvalue weighted by atomic mass is 10.00. The van der Waals surface area contributed by atoms with Gasteiger partial charge in [0.2, 0.25) is 5.91 Å². The number of nitrogens with zero attached hydrogens (tertiary/aromatic N) is 1. The average molecular weight is 392 g/mol. The third-order valence-corrected chi connectivity index (χ3v) is 5.86. The monoisotopic (exact) mass is 392 g/mol. The Hall–Kier alpha value is -2.82. The SMILES string of the molecule is COc1ccc(C2CCCCCN2C(=O)c2ccc(NC(=O)C3CC3)cc2)cc1. The average Bonchev–Trinajstić information content (AvgIpc) is 3.61. The number of carbonyl (C=O) groups is 2. The van der Waals surface area contributed by atoms with E-state index < -0.39 is 0 Å². The first-order chi connectivity index (χ1) is 14.2. The highest BCUT2D eigenvalue weighted by Crippen LogP contribution is 2.33. The van der Waals surface area contributed by atoms with Gasteiger partial charge in [-0.3, -0.25) is 9.59 Å². The summed E-state index contributed by atoms with van der Waals surface area (Å²) in [7, 11) is 1.66. The van der Waals surface area contributed by atoms with E-state index in [0.29, 0.717) is 5.56 Å². The third kappa shape index (κ3) is 4.61. The van der Waals surface area contributed by atoms with Gasteiger partial charge in [0, 0.05) is 23.7 Å². The van der Waals surface area contributed by atoms with Crippen molar-refractivity contribution in [1.29, 1.82) is 0 Å². The highest BCUT2D eigenvalue weighted by atomic mass is 16.5. The van der Waals surface area contributed by atoms with E-state index in [9.17, 15) is 9.59 Å². The van der Waals surface area contributed by atoms with Gasteiger partial charge in [0.25, 0.3) is 5.91 Å². The summed E-state index contributed by atoms with van der Waals surface area (Å²) in [5, 5.41) is 2.93. The number of anilines is 1. The number of ether oxygens (including phenoxy) is 1. The van der Waals surface area contributed by atoms with Crippen molar-refractivity contribution in [2.75, 3.05) is 19.0 Å². The number of nitrogens with one attached hydrogen (secondary N) is 1. The van der Waals surface area contributed by atoms with E-state index in [2.05, 4.69) is 17.4 Å². The summed E-state index contributed by atoms with van der Waals surface area (Å²) >= 11 is 0. The molecule has 0 aromatic heterocycles. The number of hydrogen-bond donors (Lipinski definition) is 1. The molecule has 1 aliphatic carbocycles. The summed E-state index contributed by atoms with van der Waals surface area (Å²) in [5.74, 6) is 1.12. The molecule has 1 saturated carbocycles. The van der Waals surface area contributed by atoms with Crippen molar-refractivity contribution in [1.82, 2.24) is 4.90 Å². The fraction of sp³-hybridized carbons (Fsp3) is 0.417. The molecule has 5 nitrogen and oxygen atoms in total. The molecule has 0 spiro atoms. The Balaban J connectivity index is 1.51. The van der Waals surface area contributed by atoms with Crippen LogP contribution in [0.15, 0.2) is 48.5 Å². The van der Waals surface area contributed by atoms with Crippen LogP contribution >= 0.6 is 0 Å². The fourth-order valence-electron chi connectivity index (χ4n) is 3.98. The summed E-state index contributed by atoms with van der Waals surface area (Å²) in [6, 6.07) is 15.4. The fourth-order valence-corrected chi connectivity index (χ4v) is 3.98. The van der Waals surface area contributed by atoms with Gasteiger partial charge in [-0.1, -0.05) is 25.0 Å². The molecule has 2 aliphatic rings. The van der Waals surface area contributed by atoms with Crippen LogP contribution in [0.1, 0.15) is 60.5 Å². The van der Waals surface area contributed by atoms with Crippen LogP contribution in [-0.2, 0) is 4.79 Å². The molecule has 1 atom stereocenters. The van der Waals surface area contributed by atoms with E-state index in [0.717, 1.165) is 62.1 Å². The first-order valence-corrected chi connectivity index (χ1v) is 10.5. The van der Waals surface area contributed by atoms with Crippen LogP contribution in [0.4, 0.5) is 5.69 Å². The Labute approximate surface area is 172 Å². The molecule has 2 aromatic carbocycles. The minimum atomic E-state index is 0.0489. The molecule has 2 aromatic rings. The topological polar surface area (TPSA) is 58.6 Å². The standard InChI is InChI=1S/C24H28N2O3/c1-29-21-14-10-17(11-15-21)22-5-3-2-4-16-26(22)24(28)19-8-12-20(13-9-19)25-23(27)18-6-7-18/h8-15,18,22H,2-7,16H2,1H3,(H,25,27). The van der Waals surface area contributed by atoms with Crippen LogP contribution in [0, 0.1) is 5.92 Å². The van der Waals surface area contributed by atoms with Crippen molar-refractivity contribution in [3.05, 3.63) is 59.7 Å². The maximum Gasteiger partial charge on any atom is 0.254 e. The minimum absolute atomic E-state index is 0.0489. The molecule has 2 fully saturated rings. The summed E-state index contributed by atoms with van der Waals surface area (Å²) in [6.45, 7) is 0.760. The van der Waals surface area contributed by atoms with Crippen LogP contribution in [0.25, 0.3) is 0 Å². The first kappa shape index (κ1) is 19.5. The van der Waals surface area contributed by atoms with Crippen molar-refractivity contribution in [3.8, 4) is 5.75 Å². The number of amides is 2. The van der Waals surface area contributed by atoms with Gasteiger partial charge in [-0.2, -0.15) is 0 Å². The normalized spacial score (nSPS) is 19.3. The number of carbonyl (C=O) groups excluding carboxylic acids is 2. The van der Waals surface area contributed by atoms with Crippen molar-refractivity contribution in [2.24, 2.45) is 5.92 Å². The number of rotatable bonds is 5. The zero-order valence-corrected chi connectivity index (χ0v) is 16.9. The number of likely N-dealkylation sites (tertiary alicyclic amines) is 1. The van der Waals surface area contributed by atoms with Crippen molar-refractivity contribution in [3.63, 3.8) is 0 Å². The zero-order chi connectivity index (χ0) is 20.2. The van der Waals surface area contributed by atoms with E-state index in [1.165, 1.54) is 0 Å². The lowest BCUT2D eigenvalue weighted by Crippen LogP contribution is -2.34. The van der Waals surface area contributed by atoms with Gasteiger partial charge in [-0.15, -0.1) is 0 Å². The third-order valence-electron chi connectivity index (χ3n) is 5.86. The Morgan fingerprint density at radius 2 is 1.66 bits per heavy atom. The molecule has 1 heterocycles. The van der Waals surface area contributed by atoms with Crippen molar-refractivity contribution in [2.45, 2.75) is 44.6 Å². The Bertz CT molecular complexity index is 857. The van der Waals surface area contributed by atoms with Gasteiger partial charge >= 0.3 is 0 Å². The molecule has 2 amide bonds. The molecular formula is C24H28N2O3. The van der Waals surface area contributed by atoms with Crippen LogP contribution in [0.2, 0.25) is 0 Å². The van der Waals surface area contributed by atoms with Gasteiger partial charge in [0.15, 0.2) is 0 Å². The minimum Gasteiger partial charge on any atom is -0.497 e. The van der Waals surface area contributed by atoms with Gasteiger partial charge in [-0.25, -0.2) is 0 Å². The molecule has 1 saturated heterocycles. The van der Waals surface area contributed by atoms with Crippen LogP contribution in [-0.4, -0.2) is 30.4 Å². The molecular weight excluding hydrogens is 364 g/mol. The summed E-state index contributed by atoms with van der Waals surface area (Å²) in [5.41, 5.74) is 2.56. The molecule has 1 unspecified atom stereocenters. The molecule has 0 bridgehead atoms. The number of benzene rings is 2. The van der Waals surface area contributed by atoms with Gasteiger partial charge in [0.05, 0.1) is 13.2 Å². The lowest BCUT2D eigenvalue weighted by Gasteiger charge is -2.31. The second-order valence-corrected chi connectivity index (χ2v) is 7.98.